The maximum atomic E-state index is 13.8. The molecule has 2 rings (SSSR count). The summed E-state index contributed by atoms with van der Waals surface area (Å²) in [5, 5.41) is 6.53. The molecule has 0 aromatic heterocycles. The van der Waals surface area contributed by atoms with E-state index in [2.05, 4.69) is 17.6 Å². The molecule has 0 spiro atoms. The molecule has 0 aliphatic carbocycles. The summed E-state index contributed by atoms with van der Waals surface area (Å²) in [7, 11) is 0. The van der Waals surface area contributed by atoms with Gasteiger partial charge in [0.15, 0.2) is 0 Å². The molecule has 2 N–H and O–H groups in total. The minimum absolute atomic E-state index is 0.0146. The van der Waals surface area contributed by atoms with Crippen molar-refractivity contribution in [2.75, 3.05) is 6.54 Å². The fourth-order valence-electron chi connectivity index (χ4n) is 2.70. The molecule has 1 aliphatic rings. The fourth-order valence-corrected chi connectivity index (χ4v) is 3.02. The first-order valence-electron chi connectivity index (χ1n) is 6.96. The molecule has 1 aromatic rings. The number of carbonyl (C=O) groups is 1. The van der Waals surface area contributed by atoms with Crippen LogP contribution in [0.1, 0.15) is 38.3 Å². The van der Waals surface area contributed by atoms with Crippen LogP contribution in [0.4, 0.5) is 4.39 Å². The Morgan fingerprint density at radius 2 is 2.30 bits per heavy atom. The number of rotatable bonds is 3. The highest BCUT2D eigenvalue weighted by atomic mass is 35.5. The summed E-state index contributed by atoms with van der Waals surface area (Å²) in [5.41, 5.74) is 0.351. The van der Waals surface area contributed by atoms with Crippen molar-refractivity contribution in [2.45, 2.75) is 38.8 Å². The minimum Gasteiger partial charge on any atom is -0.349 e. The molecule has 1 heterocycles. The topological polar surface area (TPSA) is 41.1 Å². The quantitative estimate of drug-likeness (QED) is 0.900. The van der Waals surface area contributed by atoms with Crippen LogP contribution in [-0.4, -0.2) is 18.5 Å². The first-order chi connectivity index (χ1) is 9.49. The summed E-state index contributed by atoms with van der Waals surface area (Å²) in [4.78, 5) is 12.2. The van der Waals surface area contributed by atoms with Gasteiger partial charge in [0.05, 0.1) is 6.04 Å². The number of amides is 1. The van der Waals surface area contributed by atoms with Crippen molar-refractivity contribution in [3.63, 3.8) is 0 Å². The lowest BCUT2D eigenvalue weighted by Crippen LogP contribution is -2.43. The van der Waals surface area contributed by atoms with Gasteiger partial charge in [0, 0.05) is 22.5 Å². The average Bonchev–Trinajstić information content (AvgIpc) is 2.38. The van der Waals surface area contributed by atoms with Crippen LogP contribution in [0.5, 0.6) is 0 Å². The molecular formula is C15H20ClFN2O. The Bertz CT molecular complexity index is 475. The smallest absolute Gasteiger partial charge is 0.223 e. The molecule has 1 amide bonds. The zero-order valence-corrected chi connectivity index (χ0v) is 12.5. The molecule has 0 saturated carbocycles. The highest BCUT2D eigenvalue weighted by Gasteiger charge is 2.26. The highest BCUT2D eigenvalue weighted by Crippen LogP contribution is 2.26. The van der Waals surface area contributed by atoms with Crippen LogP contribution in [0.2, 0.25) is 5.02 Å². The molecule has 110 valence electrons. The molecule has 1 saturated heterocycles. The van der Waals surface area contributed by atoms with Crippen molar-refractivity contribution < 1.29 is 9.18 Å². The van der Waals surface area contributed by atoms with E-state index in [0.717, 1.165) is 19.4 Å². The predicted octanol–water partition coefficient (Wildman–Crippen LogP) is 3.04. The fraction of sp³-hybridized carbons (Fsp3) is 0.533. The molecule has 3 atom stereocenters. The van der Waals surface area contributed by atoms with Gasteiger partial charge < -0.3 is 10.6 Å². The van der Waals surface area contributed by atoms with E-state index in [1.807, 2.05) is 0 Å². The van der Waals surface area contributed by atoms with Gasteiger partial charge in [-0.1, -0.05) is 17.7 Å². The summed E-state index contributed by atoms with van der Waals surface area (Å²) >= 11 is 6.02. The third kappa shape index (κ3) is 3.49. The largest absolute Gasteiger partial charge is 0.349 e. The maximum Gasteiger partial charge on any atom is 0.223 e. The van der Waals surface area contributed by atoms with E-state index in [4.69, 9.17) is 11.6 Å². The average molecular weight is 299 g/mol. The number of benzene rings is 1. The van der Waals surface area contributed by atoms with Crippen LogP contribution < -0.4 is 10.6 Å². The second-order valence-electron chi connectivity index (χ2n) is 5.44. The van der Waals surface area contributed by atoms with Gasteiger partial charge in [-0.2, -0.15) is 0 Å². The zero-order valence-electron chi connectivity index (χ0n) is 11.7. The number of carbonyl (C=O) groups excluding carboxylic acids is 1. The van der Waals surface area contributed by atoms with Gasteiger partial charge in [0.25, 0.3) is 0 Å². The first-order valence-corrected chi connectivity index (χ1v) is 7.34. The molecule has 1 aliphatic heterocycles. The Hall–Kier alpha value is -1.13. The Balaban J connectivity index is 2.04. The van der Waals surface area contributed by atoms with Crippen LogP contribution in [0.25, 0.3) is 0 Å². The van der Waals surface area contributed by atoms with Crippen LogP contribution in [0.15, 0.2) is 18.2 Å². The van der Waals surface area contributed by atoms with Crippen molar-refractivity contribution in [2.24, 2.45) is 5.92 Å². The lowest BCUT2D eigenvalue weighted by atomic mass is 9.92. The summed E-state index contributed by atoms with van der Waals surface area (Å²) in [6, 6.07) is 4.46. The van der Waals surface area contributed by atoms with Crippen molar-refractivity contribution in [3.8, 4) is 0 Å². The van der Waals surface area contributed by atoms with E-state index in [1.54, 1.807) is 19.1 Å². The third-order valence-corrected chi connectivity index (χ3v) is 4.12. The summed E-state index contributed by atoms with van der Waals surface area (Å²) in [6.45, 7) is 4.66. The Morgan fingerprint density at radius 3 is 2.95 bits per heavy atom. The van der Waals surface area contributed by atoms with E-state index < -0.39 is 6.04 Å². The van der Waals surface area contributed by atoms with E-state index in [-0.39, 0.29) is 17.6 Å². The highest BCUT2D eigenvalue weighted by molar-refractivity contribution is 6.31. The predicted molar refractivity (Wildman–Crippen MR) is 78.2 cm³/mol. The van der Waals surface area contributed by atoms with Gasteiger partial charge in [0.2, 0.25) is 5.91 Å². The molecule has 0 radical (unpaired) electrons. The number of hydrogen-bond donors (Lipinski definition) is 2. The van der Waals surface area contributed by atoms with Gasteiger partial charge in [-0.3, -0.25) is 4.79 Å². The Kier molecular flexibility index (Phi) is 5.00. The Labute approximate surface area is 123 Å². The van der Waals surface area contributed by atoms with Gasteiger partial charge in [-0.25, -0.2) is 4.39 Å². The van der Waals surface area contributed by atoms with Crippen LogP contribution in [0, 0.1) is 11.7 Å². The molecular weight excluding hydrogens is 279 g/mol. The molecule has 1 aromatic carbocycles. The van der Waals surface area contributed by atoms with Crippen LogP contribution >= 0.6 is 11.6 Å². The number of halogens is 2. The molecule has 0 bridgehead atoms. The van der Waals surface area contributed by atoms with Gasteiger partial charge >= 0.3 is 0 Å². The van der Waals surface area contributed by atoms with Gasteiger partial charge in [0.1, 0.15) is 5.82 Å². The maximum absolute atomic E-state index is 13.8. The number of nitrogens with one attached hydrogen (secondary N) is 2. The normalized spacial score (nSPS) is 24.2. The lowest BCUT2D eigenvalue weighted by molar-refractivity contribution is -0.126. The van der Waals surface area contributed by atoms with E-state index >= 15 is 0 Å². The van der Waals surface area contributed by atoms with Gasteiger partial charge in [-0.05, 0) is 45.4 Å². The van der Waals surface area contributed by atoms with Crippen molar-refractivity contribution >= 4 is 17.5 Å². The molecule has 5 heteroatoms. The Morgan fingerprint density at radius 1 is 1.55 bits per heavy atom. The standard InChI is InChI=1S/C15H20ClFN2O/c1-9-8-11(6-7-18-9)15(20)19-10(2)14-12(16)4-3-5-13(14)17/h3-5,9-11,18H,6-8H2,1-2H3,(H,19,20)/t9-,10?,11-/m0/s1. The van der Waals surface area contributed by atoms with E-state index in [1.165, 1.54) is 6.07 Å². The summed E-state index contributed by atoms with van der Waals surface area (Å²) in [6.07, 6.45) is 1.62. The summed E-state index contributed by atoms with van der Waals surface area (Å²) < 4.78 is 13.8. The second-order valence-corrected chi connectivity index (χ2v) is 5.85. The number of hydrogen-bond acceptors (Lipinski definition) is 2. The minimum atomic E-state index is -0.429. The zero-order chi connectivity index (χ0) is 14.7. The van der Waals surface area contributed by atoms with Crippen LogP contribution in [0.3, 0.4) is 0 Å². The SMILES string of the molecule is CC(NC(=O)[C@H]1CCN[C@@H](C)C1)c1c(F)cccc1Cl. The number of piperidine rings is 1. The molecule has 1 unspecified atom stereocenters. The van der Waals surface area contributed by atoms with E-state index in [0.29, 0.717) is 16.6 Å². The van der Waals surface area contributed by atoms with Crippen molar-refractivity contribution in [1.29, 1.82) is 0 Å². The van der Waals surface area contributed by atoms with E-state index in [9.17, 15) is 9.18 Å². The van der Waals surface area contributed by atoms with Crippen molar-refractivity contribution in [3.05, 3.63) is 34.6 Å². The second kappa shape index (κ2) is 6.55. The van der Waals surface area contributed by atoms with Gasteiger partial charge in [-0.15, -0.1) is 0 Å². The molecule has 20 heavy (non-hydrogen) atoms. The summed E-state index contributed by atoms with van der Waals surface area (Å²) in [5.74, 6) is -0.423. The molecule has 3 nitrogen and oxygen atoms in total. The monoisotopic (exact) mass is 298 g/mol. The molecule has 1 fully saturated rings. The first kappa shape index (κ1) is 15.3. The lowest BCUT2D eigenvalue weighted by Gasteiger charge is -2.28. The third-order valence-electron chi connectivity index (χ3n) is 3.79. The van der Waals surface area contributed by atoms with Crippen LogP contribution in [-0.2, 0) is 4.79 Å². The van der Waals surface area contributed by atoms with Crippen molar-refractivity contribution in [1.82, 2.24) is 10.6 Å².